The molecule has 0 radical (unpaired) electrons. The Morgan fingerprint density at radius 2 is 1.85 bits per heavy atom. The summed E-state index contributed by atoms with van der Waals surface area (Å²) in [5.74, 6) is 2.03. The predicted molar refractivity (Wildman–Crippen MR) is 108 cm³/mol. The van der Waals surface area contributed by atoms with Crippen LogP contribution in [0.15, 0.2) is 41.5 Å². The molecule has 0 aliphatic carbocycles. The van der Waals surface area contributed by atoms with E-state index in [1.165, 1.54) is 11.1 Å². The van der Waals surface area contributed by atoms with Gasteiger partial charge in [-0.1, -0.05) is 29.3 Å². The molecule has 1 heterocycles. The Hall–Kier alpha value is -2.93. The number of aromatic nitrogens is 3. The highest BCUT2D eigenvalue weighted by Gasteiger charge is 2.07. The molecule has 0 atom stereocenters. The van der Waals surface area contributed by atoms with Gasteiger partial charge >= 0.3 is 0 Å². The molecule has 3 aromatic rings. The Morgan fingerprint density at radius 1 is 1.11 bits per heavy atom. The van der Waals surface area contributed by atoms with Crippen molar-refractivity contribution in [1.82, 2.24) is 14.9 Å². The largest absolute Gasteiger partial charge is 0.493 e. The molecule has 0 bridgehead atoms. The van der Waals surface area contributed by atoms with Crippen molar-refractivity contribution < 1.29 is 9.47 Å². The van der Waals surface area contributed by atoms with Crippen LogP contribution >= 0.6 is 12.2 Å². The second-order valence-electron chi connectivity index (χ2n) is 6.33. The summed E-state index contributed by atoms with van der Waals surface area (Å²) in [4.78, 5) is 0. The number of nitrogens with one attached hydrogen (secondary N) is 1. The van der Waals surface area contributed by atoms with Gasteiger partial charge in [-0.3, -0.25) is 5.10 Å². The maximum atomic E-state index is 5.96. The van der Waals surface area contributed by atoms with Crippen molar-refractivity contribution in [3.05, 3.63) is 69.2 Å². The minimum Gasteiger partial charge on any atom is -0.493 e. The molecule has 1 N–H and O–H groups in total. The molecule has 0 amide bonds. The third-order valence-corrected chi connectivity index (χ3v) is 4.26. The Bertz CT molecular complexity index is 1020. The highest BCUT2D eigenvalue weighted by atomic mass is 32.1. The number of hydrogen-bond acceptors (Lipinski definition) is 5. The van der Waals surface area contributed by atoms with E-state index >= 15 is 0 Å². The van der Waals surface area contributed by atoms with Crippen LogP contribution in [0.3, 0.4) is 0 Å². The number of H-pyrrole nitrogens is 1. The number of aromatic amines is 1. The van der Waals surface area contributed by atoms with Gasteiger partial charge in [-0.25, -0.2) is 0 Å². The summed E-state index contributed by atoms with van der Waals surface area (Å²) in [6, 6.07) is 12.1. The van der Waals surface area contributed by atoms with Crippen LogP contribution in [-0.2, 0) is 6.61 Å². The summed E-state index contributed by atoms with van der Waals surface area (Å²) >= 11 is 5.14. The lowest BCUT2D eigenvalue weighted by atomic mass is 10.1. The zero-order valence-electron chi connectivity index (χ0n) is 15.8. The summed E-state index contributed by atoms with van der Waals surface area (Å²) in [5.41, 5.74) is 4.44. The number of aryl methyl sites for hydroxylation is 3. The highest BCUT2D eigenvalue weighted by Crippen LogP contribution is 2.28. The van der Waals surface area contributed by atoms with Gasteiger partial charge in [0.05, 0.1) is 13.3 Å². The van der Waals surface area contributed by atoms with Crippen LogP contribution < -0.4 is 9.47 Å². The molecule has 140 valence electrons. The number of rotatable bonds is 6. The van der Waals surface area contributed by atoms with Gasteiger partial charge in [0.15, 0.2) is 11.5 Å². The zero-order valence-corrected chi connectivity index (χ0v) is 16.6. The first kappa shape index (κ1) is 18.8. The monoisotopic (exact) mass is 382 g/mol. The number of hydrogen-bond donors (Lipinski definition) is 1. The lowest BCUT2D eigenvalue weighted by molar-refractivity contribution is 0.284. The molecule has 0 saturated heterocycles. The van der Waals surface area contributed by atoms with E-state index in [-0.39, 0.29) is 0 Å². The quantitative estimate of drug-likeness (QED) is 0.509. The molecular weight excluding hydrogens is 360 g/mol. The van der Waals surface area contributed by atoms with Crippen LogP contribution in [0.25, 0.3) is 0 Å². The first-order valence-corrected chi connectivity index (χ1v) is 8.93. The van der Waals surface area contributed by atoms with E-state index in [0.29, 0.717) is 28.7 Å². The summed E-state index contributed by atoms with van der Waals surface area (Å²) in [5, 5.41) is 11.1. The van der Waals surface area contributed by atoms with Crippen molar-refractivity contribution in [3.63, 3.8) is 0 Å². The van der Waals surface area contributed by atoms with Crippen LogP contribution in [0.2, 0.25) is 0 Å². The fraction of sp³-hybridized carbons (Fsp3) is 0.250. The van der Waals surface area contributed by atoms with Crippen molar-refractivity contribution in [2.75, 3.05) is 7.11 Å². The van der Waals surface area contributed by atoms with E-state index < -0.39 is 0 Å². The molecule has 0 spiro atoms. The van der Waals surface area contributed by atoms with Gasteiger partial charge in [0.25, 0.3) is 0 Å². The van der Waals surface area contributed by atoms with Crippen molar-refractivity contribution in [2.45, 2.75) is 27.4 Å². The van der Waals surface area contributed by atoms with Crippen molar-refractivity contribution >= 4 is 18.4 Å². The van der Waals surface area contributed by atoms with Gasteiger partial charge in [-0.05, 0) is 62.3 Å². The topological polar surface area (TPSA) is 64.4 Å². The van der Waals surface area contributed by atoms with E-state index in [0.717, 1.165) is 11.1 Å². The third kappa shape index (κ3) is 4.62. The average Bonchev–Trinajstić information content (AvgIpc) is 2.95. The van der Waals surface area contributed by atoms with E-state index in [1.807, 2.05) is 25.1 Å². The summed E-state index contributed by atoms with van der Waals surface area (Å²) in [6.45, 7) is 6.47. The average molecular weight is 382 g/mol. The van der Waals surface area contributed by atoms with Gasteiger partial charge < -0.3 is 9.47 Å². The second-order valence-corrected chi connectivity index (χ2v) is 6.71. The first-order valence-electron chi connectivity index (χ1n) is 8.52. The highest BCUT2D eigenvalue weighted by molar-refractivity contribution is 7.71. The molecule has 0 unspecified atom stereocenters. The number of nitrogens with zero attached hydrogens (tertiary/aromatic N) is 3. The second kappa shape index (κ2) is 8.18. The van der Waals surface area contributed by atoms with E-state index in [4.69, 9.17) is 21.7 Å². The van der Waals surface area contributed by atoms with Gasteiger partial charge in [-0.15, -0.1) is 0 Å². The Labute approximate surface area is 163 Å². The zero-order chi connectivity index (χ0) is 19.4. The SMILES string of the molecule is COc1cc(/C=N\n2c(C)n[nH]c2=S)ccc1OCc1cc(C)cc(C)c1. The van der Waals surface area contributed by atoms with Crippen molar-refractivity contribution in [3.8, 4) is 11.5 Å². The lowest BCUT2D eigenvalue weighted by Gasteiger charge is -2.12. The van der Waals surface area contributed by atoms with Crippen molar-refractivity contribution in [2.24, 2.45) is 5.10 Å². The summed E-state index contributed by atoms with van der Waals surface area (Å²) in [7, 11) is 1.62. The third-order valence-electron chi connectivity index (χ3n) is 4.00. The van der Waals surface area contributed by atoms with Crippen LogP contribution in [0, 0.1) is 25.5 Å². The standard InChI is InChI=1S/C20H22N4O2S/c1-13-7-14(2)9-17(8-13)12-26-18-6-5-16(10-19(18)25-4)11-21-24-15(3)22-23-20(24)27/h5-11H,12H2,1-4H3,(H,23,27)/b21-11-. The molecular formula is C20H22N4O2S. The maximum absolute atomic E-state index is 5.96. The molecule has 2 aromatic carbocycles. The van der Waals surface area contributed by atoms with E-state index in [1.54, 1.807) is 18.0 Å². The number of benzene rings is 2. The molecule has 27 heavy (non-hydrogen) atoms. The fourth-order valence-electron chi connectivity index (χ4n) is 2.83. The first-order chi connectivity index (χ1) is 13.0. The lowest BCUT2D eigenvalue weighted by Crippen LogP contribution is -2.00. The Morgan fingerprint density at radius 3 is 2.48 bits per heavy atom. The minimum atomic E-state index is 0.448. The minimum absolute atomic E-state index is 0.448. The number of ether oxygens (including phenoxy) is 2. The predicted octanol–water partition coefficient (Wildman–Crippen LogP) is 4.34. The Balaban J connectivity index is 1.77. The molecule has 6 nitrogen and oxygen atoms in total. The molecule has 3 rings (SSSR count). The summed E-state index contributed by atoms with van der Waals surface area (Å²) < 4.78 is 13.4. The maximum Gasteiger partial charge on any atom is 0.216 e. The molecule has 7 heteroatoms. The van der Waals surface area contributed by atoms with Crippen LogP contribution in [0.1, 0.15) is 28.1 Å². The van der Waals surface area contributed by atoms with Crippen molar-refractivity contribution in [1.29, 1.82) is 0 Å². The molecule has 0 aliphatic rings. The van der Waals surface area contributed by atoms with Gasteiger partial charge in [-0.2, -0.15) is 14.9 Å². The van der Waals surface area contributed by atoms with Gasteiger partial charge in [0, 0.05) is 0 Å². The molecule has 0 saturated carbocycles. The Kier molecular flexibility index (Phi) is 5.71. The normalized spacial score (nSPS) is 11.1. The van der Waals surface area contributed by atoms with Gasteiger partial charge in [0.2, 0.25) is 4.77 Å². The van der Waals surface area contributed by atoms with Crippen LogP contribution in [0.5, 0.6) is 11.5 Å². The fourth-order valence-corrected chi connectivity index (χ4v) is 3.05. The molecule has 1 aromatic heterocycles. The van der Waals surface area contributed by atoms with E-state index in [9.17, 15) is 0 Å². The molecule has 0 aliphatic heterocycles. The van der Waals surface area contributed by atoms with Crippen LogP contribution in [-0.4, -0.2) is 28.2 Å². The smallest absolute Gasteiger partial charge is 0.216 e. The number of methoxy groups -OCH3 is 1. The molecule has 0 fully saturated rings. The van der Waals surface area contributed by atoms with E-state index in [2.05, 4.69) is 47.3 Å². The van der Waals surface area contributed by atoms with Gasteiger partial charge in [0.1, 0.15) is 12.4 Å². The summed E-state index contributed by atoms with van der Waals surface area (Å²) in [6.07, 6.45) is 1.70. The van der Waals surface area contributed by atoms with Crippen LogP contribution in [0.4, 0.5) is 0 Å².